The molecule has 0 aliphatic carbocycles. The molecule has 88 valence electrons. The summed E-state index contributed by atoms with van der Waals surface area (Å²) in [4.78, 5) is 5.09. The Morgan fingerprint density at radius 2 is 2.20 bits per heavy atom. The average molecular weight is 212 g/mol. The van der Waals surface area contributed by atoms with Crippen LogP contribution in [-0.2, 0) is 4.74 Å². The van der Waals surface area contributed by atoms with Crippen molar-refractivity contribution in [3.63, 3.8) is 0 Å². The fraction of sp³-hybridized carbons (Fsp3) is 1.00. The van der Waals surface area contributed by atoms with Gasteiger partial charge >= 0.3 is 0 Å². The van der Waals surface area contributed by atoms with Crippen molar-refractivity contribution in [2.45, 2.75) is 38.3 Å². The summed E-state index contributed by atoms with van der Waals surface area (Å²) in [5, 5.41) is 0. The minimum absolute atomic E-state index is 0.502. The molecule has 2 atom stereocenters. The predicted octanol–water partition coefficient (Wildman–Crippen LogP) is 1.19. The highest BCUT2D eigenvalue weighted by Crippen LogP contribution is 2.21. The van der Waals surface area contributed by atoms with E-state index in [0.29, 0.717) is 12.1 Å². The lowest BCUT2D eigenvalue weighted by Gasteiger charge is -2.45. The molecule has 3 heteroatoms. The topological polar surface area (TPSA) is 15.7 Å². The maximum absolute atomic E-state index is 5.84. The average Bonchev–Trinajstić information content (AvgIpc) is 2.27. The molecular weight excluding hydrogens is 188 g/mol. The normalized spacial score (nSPS) is 34.0. The largest absolute Gasteiger partial charge is 0.375 e. The van der Waals surface area contributed by atoms with Crippen LogP contribution in [0.3, 0.4) is 0 Å². The molecule has 0 bridgehead atoms. The van der Waals surface area contributed by atoms with E-state index in [4.69, 9.17) is 4.74 Å². The molecule has 2 unspecified atom stereocenters. The highest BCUT2D eigenvalue weighted by atomic mass is 16.5. The number of likely N-dealkylation sites (tertiary alicyclic amines) is 1. The second-order valence-electron chi connectivity index (χ2n) is 4.90. The van der Waals surface area contributed by atoms with Crippen molar-refractivity contribution >= 4 is 0 Å². The van der Waals surface area contributed by atoms with Crippen LogP contribution in [0.4, 0.5) is 0 Å². The maximum atomic E-state index is 5.84. The Hall–Kier alpha value is -0.120. The van der Waals surface area contributed by atoms with Gasteiger partial charge in [-0.15, -0.1) is 0 Å². The van der Waals surface area contributed by atoms with Crippen molar-refractivity contribution in [1.29, 1.82) is 0 Å². The molecule has 3 nitrogen and oxygen atoms in total. The van der Waals surface area contributed by atoms with Crippen LogP contribution in [0.1, 0.15) is 26.2 Å². The van der Waals surface area contributed by atoms with Crippen molar-refractivity contribution in [2.75, 3.05) is 39.8 Å². The zero-order valence-corrected chi connectivity index (χ0v) is 10.1. The van der Waals surface area contributed by atoms with Crippen LogP contribution in [0.15, 0.2) is 0 Å². The lowest BCUT2D eigenvalue weighted by molar-refractivity contribution is -0.0945. The van der Waals surface area contributed by atoms with Gasteiger partial charge in [0.1, 0.15) is 0 Å². The quantitative estimate of drug-likeness (QED) is 0.699. The number of hydrogen-bond donors (Lipinski definition) is 0. The first-order valence-electron chi connectivity index (χ1n) is 6.35. The van der Waals surface area contributed by atoms with Crippen LogP contribution in [0.5, 0.6) is 0 Å². The third-order valence-electron chi connectivity index (χ3n) is 3.77. The van der Waals surface area contributed by atoms with Gasteiger partial charge in [-0.2, -0.15) is 0 Å². The Kier molecular flexibility index (Phi) is 4.00. The van der Waals surface area contributed by atoms with E-state index < -0.39 is 0 Å². The number of morpholine rings is 1. The van der Waals surface area contributed by atoms with Crippen LogP contribution < -0.4 is 0 Å². The van der Waals surface area contributed by atoms with E-state index in [0.717, 1.165) is 13.2 Å². The molecule has 2 fully saturated rings. The van der Waals surface area contributed by atoms with Crippen LogP contribution in [-0.4, -0.2) is 61.8 Å². The monoisotopic (exact) mass is 212 g/mol. The fourth-order valence-electron chi connectivity index (χ4n) is 2.69. The highest BCUT2D eigenvalue weighted by Gasteiger charge is 2.34. The van der Waals surface area contributed by atoms with Gasteiger partial charge in [-0.25, -0.2) is 0 Å². The number of likely N-dealkylation sites (N-methyl/N-ethyl adjacent to an activating group) is 1. The Morgan fingerprint density at radius 3 is 3.00 bits per heavy atom. The van der Waals surface area contributed by atoms with E-state index in [-0.39, 0.29) is 0 Å². The molecule has 0 aromatic carbocycles. The Balaban J connectivity index is 1.85. The standard InChI is InChI=1S/C12H24N2O/c1-3-4-6-14-7-5-12-11(10-14)13(2)8-9-15-12/h11-12H,3-10H2,1-2H3. The molecule has 2 saturated heterocycles. The van der Waals surface area contributed by atoms with Gasteiger partial charge in [-0.05, 0) is 26.4 Å². The summed E-state index contributed by atoms with van der Waals surface area (Å²) in [5.41, 5.74) is 0. The summed E-state index contributed by atoms with van der Waals surface area (Å²) in [6, 6.07) is 0.643. The van der Waals surface area contributed by atoms with Gasteiger partial charge < -0.3 is 9.64 Å². The zero-order chi connectivity index (χ0) is 10.7. The number of nitrogens with zero attached hydrogens (tertiary/aromatic N) is 2. The summed E-state index contributed by atoms with van der Waals surface area (Å²) in [6.45, 7) is 8.00. The van der Waals surface area contributed by atoms with Crippen LogP contribution in [0, 0.1) is 0 Å². The number of fused-ring (bicyclic) bond motifs is 1. The van der Waals surface area contributed by atoms with Crippen molar-refractivity contribution in [3.05, 3.63) is 0 Å². The van der Waals surface area contributed by atoms with E-state index >= 15 is 0 Å². The molecular formula is C12H24N2O. The lowest BCUT2D eigenvalue weighted by atomic mass is 9.99. The van der Waals surface area contributed by atoms with Crippen LogP contribution in [0.2, 0.25) is 0 Å². The van der Waals surface area contributed by atoms with Gasteiger partial charge in [0.15, 0.2) is 0 Å². The van der Waals surface area contributed by atoms with E-state index in [1.165, 1.54) is 38.9 Å². The minimum Gasteiger partial charge on any atom is -0.375 e. The molecule has 0 N–H and O–H groups in total. The highest BCUT2D eigenvalue weighted by molar-refractivity contribution is 4.89. The summed E-state index contributed by atoms with van der Waals surface area (Å²) in [7, 11) is 2.24. The molecule has 0 saturated carbocycles. The predicted molar refractivity (Wildman–Crippen MR) is 62.1 cm³/mol. The van der Waals surface area contributed by atoms with Crippen molar-refractivity contribution < 1.29 is 4.74 Å². The number of unbranched alkanes of at least 4 members (excludes halogenated alkanes) is 1. The van der Waals surface area contributed by atoms with Crippen molar-refractivity contribution in [1.82, 2.24) is 9.80 Å². The molecule has 2 aliphatic heterocycles. The summed E-state index contributed by atoms with van der Waals surface area (Å²) in [6.07, 6.45) is 4.36. The molecule has 0 aromatic heterocycles. The second-order valence-corrected chi connectivity index (χ2v) is 4.90. The summed E-state index contributed by atoms with van der Waals surface area (Å²) in [5.74, 6) is 0. The molecule has 0 spiro atoms. The zero-order valence-electron chi connectivity index (χ0n) is 10.1. The molecule has 15 heavy (non-hydrogen) atoms. The fourth-order valence-corrected chi connectivity index (χ4v) is 2.69. The van der Waals surface area contributed by atoms with E-state index in [1.807, 2.05) is 0 Å². The second kappa shape index (κ2) is 5.28. The SMILES string of the molecule is CCCCN1CCC2OCCN(C)C2C1. The van der Waals surface area contributed by atoms with Gasteiger partial charge in [0.25, 0.3) is 0 Å². The van der Waals surface area contributed by atoms with Crippen LogP contribution in [0.25, 0.3) is 0 Å². The molecule has 2 rings (SSSR count). The summed E-state index contributed by atoms with van der Waals surface area (Å²) >= 11 is 0. The molecule has 2 aliphatic rings. The van der Waals surface area contributed by atoms with Gasteiger partial charge in [0.2, 0.25) is 0 Å². The third kappa shape index (κ3) is 2.71. The third-order valence-corrected chi connectivity index (χ3v) is 3.77. The van der Waals surface area contributed by atoms with Crippen LogP contribution >= 0.6 is 0 Å². The number of piperidine rings is 1. The smallest absolute Gasteiger partial charge is 0.0755 e. The first kappa shape index (κ1) is 11.4. The number of ether oxygens (including phenoxy) is 1. The maximum Gasteiger partial charge on any atom is 0.0755 e. The Bertz CT molecular complexity index is 198. The number of hydrogen-bond acceptors (Lipinski definition) is 3. The molecule has 0 amide bonds. The Labute approximate surface area is 93.4 Å². The molecule has 2 heterocycles. The minimum atomic E-state index is 0.502. The van der Waals surface area contributed by atoms with E-state index in [1.54, 1.807) is 0 Å². The van der Waals surface area contributed by atoms with Gasteiger partial charge in [0.05, 0.1) is 12.7 Å². The molecule has 0 aromatic rings. The molecule has 0 radical (unpaired) electrons. The van der Waals surface area contributed by atoms with Gasteiger partial charge in [-0.1, -0.05) is 13.3 Å². The Morgan fingerprint density at radius 1 is 1.33 bits per heavy atom. The van der Waals surface area contributed by atoms with Gasteiger partial charge in [-0.3, -0.25) is 4.90 Å². The first-order chi connectivity index (χ1) is 7.31. The summed E-state index contributed by atoms with van der Waals surface area (Å²) < 4.78 is 5.84. The van der Waals surface area contributed by atoms with E-state index in [2.05, 4.69) is 23.8 Å². The van der Waals surface area contributed by atoms with E-state index in [9.17, 15) is 0 Å². The lowest BCUT2D eigenvalue weighted by Crippen LogP contribution is -2.58. The van der Waals surface area contributed by atoms with Crippen molar-refractivity contribution in [2.24, 2.45) is 0 Å². The van der Waals surface area contributed by atoms with Crippen molar-refractivity contribution in [3.8, 4) is 0 Å². The number of rotatable bonds is 3. The van der Waals surface area contributed by atoms with Gasteiger partial charge in [0, 0.05) is 25.7 Å². The first-order valence-corrected chi connectivity index (χ1v) is 6.35.